The van der Waals surface area contributed by atoms with Crippen LogP contribution in [0, 0.1) is 0 Å². The Morgan fingerprint density at radius 2 is 2.28 bits per heavy atom. The van der Waals surface area contributed by atoms with Crippen LogP contribution in [0.3, 0.4) is 0 Å². The summed E-state index contributed by atoms with van der Waals surface area (Å²) in [5.74, 6) is 0. The van der Waals surface area contributed by atoms with E-state index in [2.05, 4.69) is 60.2 Å². The molecule has 18 heavy (non-hydrogen) atoms. The monoisotopic (exact) mass is 409 g/mol. The predicted molar refractivity (Wildman–Crippen MR) is 85.1 cm³/mol. The summed E-state index contributed by atoms with van der Waals surface area (Å²) < 4.78 is 2.20. The average Bonchev–Trinajstić information content (AvgIpc) is 2.92. The maximum Gasteiger partial charge on any atom is 0.0843 e. The van der Waals surface area contributed by atoms with Crippen LogP contribution in [0.5, 0.6) is 0 Å². The Morgan fingerprint density at radius 3 is 2.78 bits per heavy atom. The van der Waals surface area contributed by atoms with Crippen LogP contribution in [0.25, 0.3) is 0 Å². The molecule has 98 valence electrons. The topological polar surface area (TPSA) is 42.2 Å². The Balaban J connectivity index is 2.12. The second-order valence-electron chi connectivity index (χ2n) is 3.92. The van der Waals surface area contributed by atoms with E-state index in [9.17, 15) is 0 Å². The fraction of sp³-hybridized carbons (Fsp3) is 0.364. The minimum atomic E-state index is 0.222. The predicted octanol–water partition coefficient (Wildman–Crippen LogP) is 3.86. The summed E-state index contributed by atoms with van der Waals surface area (Å²) in [6, 6.07) is 2.35. The fourth-order valence-electron chi connectivity index (χ4n) is 1.72. The first kappa shape index (κ1) is 14.6. The van der Waals surface area contributed by atoms with Crippen LogP contribution in [0.2, 0.25) is 0 Å². The van der Waals surface area contributed by atoms with Crippen molar-refractivity contribution >= 4 is 54.5 Å². The number of rotatable bonds is 5. The molecule has 2 heterocycles. The maximum absolute atomic E-state index is 5.91. The van der Waals surface area contributed by atoms with Crippen molar-refractivity contribution in [2.24, 2.45) is 5.73 Å². The van der Waals surface area contributed by atoms with E-state index in [0.29, 0.717) is 6.54 Å². The number of hydrogen-bond acceptors (Lipinski definition) is 5. The van der Waals surface area contributed by atoms with Crippen LogP contribution in [0.15, 0.2) is 25.2 Å². The first-order valence-corrected chi connectivity index (χ1v) is 8.68. The van der Waals surface area contributed by atoms with Crippen LogP contribution in [-0.2, 0) is 6.54 Å². The van der Waals surface area contributed by atoms with E-state index in [4.69, 9.17) is 5.73 Å². The number of aromatic nitrogens is 1. The molecule has 2 aromatic rings. The molecule has 2 N–H and O–H groups in total. The van der Waals surface area contributed by atoms with E-state index in [1.54, 1.807) is 22.7 Å². The van der Waals surface area contributed by atoms with Gasteiger partial charge in [0.05, 0.1) is 21.0 Å². The normalized spacial score (nSPS) is 13.2. The quantitative estimate of drug-likeness (QED) is 0.813. The number of likely N-dealkylation sites (N-methyl/N-ethyl adjacent to an activating group) is 1. The van der Waals surface area contributed by atoms with Crippen molar-refractivity contribution in [1.82, 2.24) is 9.88 Å². The lowest BCUT2D eigenvalue weighted by atomic mass is 10.2. The third-order valence-electron chi connectivity index (χ3n) is 2.64. The average molecular weight is 411 g/mol. The van der Waals surface area contributed by atoms with E-state index in [1.165, 1.54) is 4.88 Å². The highest BCUT2D eigenvalue weighted by molar-refractivity contribution is 9.13. The molecular weight excluding hydrogens is 398 g/mol. The number of nitrogens with two attached hydrogens (primary N) is 1. The van der Waals surface area contributed by atoms with E-state index in [0.717, 1.165) is 20.5 Å². The van der Waals surface area contributed by atoms with Gasteiger partial charge in [-0.3, -0.25) is 4.90 Å². The lowest BCUT2D eigenvalue weighted by Crippen LogP contribution is -2.29. The Kier molecular flexibility index (Phi) is 5.35. The standard InChI is InChI=1S/C11H13Br2N3S2/c1-16(4-7-5-17-6-15-7)9(3-14)10-2-8(12)11(13)18-10/h2,5-6,9H,3-4,14H2,1H3. The summed E-state index contributed by atoms with van der Waals surface area (Å²) in [6.07, 6.45) is 0. The van der Waals surface area contributed by atoms with Gasteiger partial charge in [0, 0.05) is 27.8 Å². The summed E-state index contributed by atoms with van der Waals surface area (Å²) in [5, 5.41) is 2.07. The van der Waals surface area contributed by atoms with Gasteiger partial charge in [-0.15, -0.1) is 22.7 Å². The summed E-state index contributed by atoms with van der Waals surface area (Å²) in [4.78, 5) is 7.80. The van der Waals surface area contributed by atoms with Gasteiger partial charge in [0.15, 0.2) is 0 Å². The van der Waals surface area contributed by atoms with E-state index < -0.39 is 0 Å². The Bertz CT molecular complexity index is 479. The second kappa shape index (κ2) is 6.58. The Hall–Kier alpha value is 0.210. The van der Waals surface area contributed by atoms with Gasteiger partial charge >= 0.3 is 0 Å². The van der Waals surface area contributed by atoms with Crippen LogP contribution >= 0.6 is 54.5 Å². The van der Waals surface area contributed by atoms with Crippen LogP contribution in [0.4, 0.5) is 0 Å². The molecule has 0 radical (unpaired) electrons. The second-order valence-corrected chi connectivity index (χ2v) is 7.89. The smallest absolute Gasteiger partial charge is 0.0843 e. The first-order chi connectivity index (χ1) is 8.61. The van der Waals surface area contributed by atoms with Gasteiger partial charge in [-0.25, -0.2) is 4.98 Å². The number of hydrogen-bond donors (Lipinski definition) is 1. The molecule has 0 saturated carbocycles. The van der Waals surface area contributed by atoms with E-state index >= 15 is 0 Å². The minimum absolute atomic E-state index is 0.222. The summed E-state index contributed by atoms with van der Waals surface area (Å²) in [6.45, 7) is 1.42. The highest BCUT2D eigenvalue weighted by atomic mass is 79.9. The van der Waals surface area contributed by atoms with Gasteiger partial charge in [0.1, 0.15) is 0 Å². The lowest BCUT2D eigenvalue weighted by Gasteiger charge is -2.25. The summed E-state index contributed by atoms with van der Waals surface area (Å²) in [5.41, 5.74) is 8.86. The zero-order valence-electron chi connectivity index (χ0n) is 9.77. The van der Waals surface area contributed by atoms with Crippen molar-refractivity contribution in [1.29, 1.82) is 0 Å². The van der Waals surface area contributed by atoms with E-state index in [-0.39, 0.29) is 6.04 Å². The molecular formula is C11H13Br2N3S2. The molecule has 0 aliphatic carbocycles. The van der Waals surface area contributed by atoms with Crippen molar-refractivity contribution in [2.45, 2.75) is 12.6 Å². The molecule has 0 aromatic carbocycles. The van der Waals surface area contributed by atoms with Crippen molar-refractivity contribution in [3.05, 3.63) is 35.8 Å². The van der Waals surface area contributed by atoms with Gasteiger partial charge in [-0.1, -0.05) is 0 Å². The van der Waals surface area contributed by atoms with Crippen LogP contribution in [-0.4, -0.2) is 23.5 Å². The van der Waals surface area contributed by atoms with Crippen molar-refractivity contribution < 1.29 is 0 Å². The molecule has 2 rings (SSSR count). The number of halogens is 2. The fourth-order valence-corrected chi connectivity index (χ4v) is 4.54. The number of thiazole rings is 1. The summed E-state index contributed by atoms with van der Waals surface area (Å²) >= 11 is 10.4. The van der Waals surface area contributed by atoms with Crippen LogP contribution in [0.1, 0.15) is 16.6 Å². The van der Waals surface area contributed by atoms with Crippen LogP contribution < -0.4 is 5.73 Å². The summed E-state index contributed by atoms with van der Waals surface area (Å²) in [7, 11) is 2.08. The largest absolute Gasteiger partial charge is 0.329 e. The van der Waals surface area contributed by atoms with E-state index in [1.807, 2.05) is 5.51 Å². The third-order valence-corrected chi connectivity index (χ3v) is 6.64. The van der Waals surface area contributed by atoms with Gasteiger partial charge in [0.25, 0.3) is 0 Å². The molecule has 1 unspecified atom stereocenters. The molecule has 0 saturated heterocycles. The van der Waals surface area contributed by atoms with Crippen molar-refractivity contribution in [3.63, 3.8) is 0 Å². The zero-order valence-corrected chi connectivity index (χ0v) is 14.6. The highest BCUT2D eigenvalue weighted by Crippen LogP contribution is 2.37. The zero-order chi connectivity index (χ0) is 13.1. The highest BCUT2D eigenvalue weighted by Gasteiger charge is 2.19. The first-order valence-electron chi connectivity index (χ1n) is 5.34. The Labute approximate surface area is 131 Å². The van der Waals surface area contributed by atoms with Gasteiger partial charge in [-0.2, -0.15) is 0 Å². The van der Waals surface area contributed by atoms with Gasteiger partial charge in [0.2, 0.25) is 0 Å². The molecule has 0 fully saturated rings. The maximum atomic E-state index is 5.91. The molecule has 0 amide bonds. The molecule has 7 heteroatoms. The molecule has 1 atom stereocenters. The van der Waals surface area contributed by atoms with Gasteiger partial charge < -0.3 is 5.73 Å². The third kappa shape index (κ3) is 3.40. The lowest BCUT2D eigenvalue weighted by molar-refractivity contribution is 0.243. The van der Waals surface area contributed by atoms with Crippen molar-refractivity contribution in [2.75, 3.05) is 13.6 Å². The SMILES string of the molecule is CN(Cc1cscn1)C(CN)c1cc(Br)c(Br)s1. The Morgan fingerprint density at radius 1 is 1.50 bits per heavy atom. The number of nitrogens with zero attached hydrogens (tertiary/aromatic N) is 2. The van der Waals surface area contributed by atoms with Crippen molar-refractivity contribution in [3.8, 4) is 0 Å². The minimum Gasteiger partial charge on any atom is -0.329 e. The number of thiophene rings is 1. The molecule has 0 aliphatic rings. The molecule has 3 nitrogen and oxygen atoms in total. The molecule has 0 spiro atoms. The molecule has 0 aliphatic heterocycles. The van der Waals surface area contributed by atoms with Gasteiger partial charge in [-0.05, 0) is 45.0 Å². The molecule has 2 aromatic heterocycles. The molecule has 0 bridgehead atoms.